The number of aliphatic hydroxyl groups is 1. The molecule has 1 aliphatic heterocycles. The largest absolute Gasteiger partial charge is 0.387 e. The van der Waals surface area contributed by atoms with Crippen molar-refractivity contribution in [3.8, 4) is 0 Å². The number of ether oxygens (including phenoxy) is 1. The molecule has 3 heterocycles. The lowest BCUT2D eigenvalue weighted by atomic mass is 10.0. The highest BCUT2D eigenvalue weighted by atomic mass is 35.5. The van der Waals surface area contributed by atoms with Crippen molar-refractivity contribution in [3.63, 3.8) is 0 Å². The minimum Gasteiger partial charge on any atom is -0.387 e. The van der Waals surface area contributed by atoms with E-state index >= 15 is 0 Å². The molecule has 168 valence electrons. The summed E-state index contributed by atoms with van der Waals surface area (Å²) in [4.78, 5) is 24.9. The number of pyridine rings is 1. The third kappa shape index (κ3) is 6.46. The van der Waals surface area contributed by atoms with Gasteiger partial charge in [0.2, 0.25) is 0 Å². The summed E-state index contributed by atoms with van der Waals surface area (Å²) in [7, 11) is 0. The van der Waals surface area contributed by atoms with E-state index in [1.807, 2.05) is 0 Å². The van der Waals surface area contributed by atoms with Crippen LogP contribution in [0.3, 0.4) is 0 Å². The predicted octanol–water partition coefficient (Wildman–Crippen LogP) is 2.70. The van der Waals surface area contributed by atoms with Crippen molar-refractivity contribution in [1.29, 1.82) is 0 Å². The van der Waals surface area contributed by atoms with Crippen LogP contribution in [0.15, 0.2) is 24.8 Å². The zero-order valence-electron chi connectivity index (χ0n) is 17.4. The number of halogens is 2. The zero-order valence-corrected chi connectivity index (χ0v) is 18.1. The quantitative estimate of drug-likeness (QED) is 0.482. The van der Waals surface area contributed by atoms with Crippen molar-refractivity contribution in [2.24, 2.45) is 0 Å². The van der Waals surface area contributed by atoms with Gasteiger partial charge in [0, 0.05) is 31.5 Å². The van der Waals surface area contributed by atoms with E-state index in [0.717, 1.165) is 12.8 Å². The summed E-state index contributed by atoms with van der Waals surface area (Å²) < 4.78 is 19.4. The van der Waals surface area contributed by atoms with Crippen LogP contribution in [0.2, 0.25) is 5.02 Å². The Morgan fingerprint density at radius 2 is 2.10 bits per heavy atom. The van der Waals surface area contributed by atoms with E-state index in [2.05, 4.69) is 30.9 Å². The number of hydrogen-bond donors (Lipinski definition) is 4. The van der Waals surface area contributed by atoms with Crippen molar-refractivity contribution in [2.45, 2.75) is 44.5 Å². The number of rotatable bonds is 8. The molecule has 1 fully saturated rings. The zero-order chi connectivity index (χ0) is 22.4. The molecule has 3 rings (SSSR count). The number of hydrogen-bond acceptors (Lipinski definition) is 8. The minimum absolute atomic E-state index is 0.114. The summed E-state index contributed by atoms with van der Waals surface area (Å²) >= 11 is 6.09. The van der Waals surface area contributed by atoms with Crippen molar-refractivity contribution < 1.29 is 19.0 Å². The number of carbonyl (C=O) groups excluding carboxylic acids is 1. The van der Waals surface area contributed by atoms with Gasteiger partial charge in [0.15, 0.2) is 5.82 Å². The van der Waals surface area contributed by atoms with E-state index in [-0.39, 0.29) is 18.2 Å². The highest BCUT2D eigenvalue weighted by Crippen LogP contribution is 2.26. The van der Waals surface area contributed by atoms with Gasteiger partial charge in [-0.1, -0.05) is 11.6 Å². The van der Waals surface area contributed by atoms with Crippen LogP contribution in [0, 0.1) is 0 Å². The van der Waals surface area contributed by atoms with Gasteiger partial charge in [-0.2, -0.15) is 0 Å². The summed E-state index contributed by atoms with van der Waals surface area (Å²) in [5.74, 6) is 0.302. The molecule has 0 spiro atoms. The van der Waals surface area contributed by atoms with Gasteiger partial charge in [-0.3, -0.25) is 4.79 Å². The van der Waals surface area contributed by atoms with Gasteiger partial charge in [-0.15, -0.1) is 0 Å². The van der Waals surface area contributed by atoms with E-state index in [1.165, 1.54) is 32.6 Å². The molecule has 0 radical (unpaired) electrons. The number of nitrogens with one attached hydrogen (secondary N) is 3. The lowest BCUT2D eigenvalue weighted by Crippen LogP contribution is -2.42. The summed E-state index contributed by atoms with van der Waals surface area (Å²) in [5.41, 5.74) is -0.765. The summed E-state index contributed by atoms with van der Waals surface area (Å²) in [6, 6.07) is 1.79. The topological polar surface area (TPSA) is 121 Å². The lowest BCUT2D eigenvalue weighted by molar-refractivity contribution is -0.00177. The highest BCUT2D eigenvalue weighted by Gasteiger charge is 2.27. The molecule has 2 aromatic rings. The van der Waals surface area contributed by atoms with Gasteiger partial charge in [-0.25, -0.2) is 19.3 Å². The standard InChI is InChI=1S/C20H26ClFN6O3/c1-20(2,30)16(22)10-25-19(29)13-8-24-17(28-18-14(21)9-23-11-26-18)7-15(13)27-12-3-5-31-6-4-12/h7-9,11-12,16,30H,3-6,10H2,1-2H3,(H,25,29)(H2,23,24,26,27,28). The first kappa shape index (κ1) is 23.1. The molecule has 4 N–H and O–H groups in total. The second kappa shape index (κ2) is 10.2. The third-order valence-electron chi connectivity index (χ3n) is 4.85. The van der Waals surface area contributed by atoms with E-state index in [0.29, 0.717) is 35.6 Å². The van der Waals surface area contributed by atoms with E-state index in [1.54, 1.807) is 6.07 Å². The smallest absolute Gasteiger partial charge is 0.255 e. The number of amides is 1. The van der Waals surface area contributed by atoms with Gasteiger partial charge in [0.1, 0.15) is 23.3 Å². The number of alkyl halides is 1. The van der Waals surface area contributed by atoms with Gasteiger partial charge in [-0.05, 0) is 26.7 Å². The molecule has 1 amide bonds. The van der Waals surface area contributed by atoms with Crippen LogP contribution < -0.4 is 16.0 Å². The second-order valence-corrected chi connectivity index (χ2v) is 8.23. The van der Waals surface area contributed by atoms with Crippen molar-refractivity contribution >= 4 is 34.8 Å². The molecule has 1 saturated heterocycles. The monoisotopic (exact) mass is 452 g/mol. The molecule has 0 saturated carbocycles. The Balaban J connectivity index is 1.81. The molecule has 31 heavy (non-hydrogen) atoms. The normalized spacial score (nSPS) is 15.9. The number of carbonyl (C=O) groups is 1. The Kier molecular flexibility index (Phi) is 7.58. The van der Waals surface area contributed by atoms with E-state index in [4.69, 9.17) is 16.3 Å². The van der Waals surface area contributed by atoms with Gasteiger partial charge in [0.25, 0.3) is 5.91 Å². The Hall–Kier alpha value is -2.56. The SMILES string of the molecule is CC(C)(O)C(F)CNC(=O)c1cnc(Nc2ncncc2Cl)cc1NC1CCOCC1. The van der Waals surface area contributed by atoms with Crippen molar-refractivity contribution in [1.82, 2.24) is 20.3 Å². The Bertz CT molecular complexity index is 905. The average Bonchev–Trinajstić information content (AvgIpc) is 2.73. The third-order valence-corrected chi connectivity index (χ3v) is 5.13. The maximum atomic E-state index is 14.1. The van der Waals surface area contributed by atoms with Crippen LogP contribution in [-0.2, 0) is 4.74 Å². The van der Waals surface area contributed by atoms with Crippen LogP contribution in [-0.4, -0.2) is 63.5 Å². The molecular weight excluding hydrogens is 427 g/mol. The predicted molar refractivity (Wildman–Crippen MR) is 116 cm³/mol. The fourth-order valence-corrected chi connectivity index (χ4v) is 3.09. The molecule has 9 nitrogen and oxygen atoms in total. The molecule has 1 atom stereocenters. The maximum absolute atomic E-state index is 14.1. The first-order chi connectivity index (χ1) is 14.7. The molecule has 0 aliphatic carbocycles. The van der Waals surface area contributed by atoms with E-state index < -0.39 is 17.7 Å². The Morgan fingerprint density at radius 3 is 2.77 bits per heavy atom. The molecule has 0 aromatic carbocycles. The molecule has 1 aliphatic rings. The molecule has 11 heteroatoms. The number of nitrogens with zero attached hydrogens (tertiary/aromatic N) is 3. The molecule has 1 unspecified atom stereocenters. The van der Waals surface area contributed by atoms with Crippen molar-refractivity contribution in [3.05, 3.63) is 35.4 Å². The van der Waals surface area contributed by atoms with Gasteiger partial charge >= 0.3 is 0 Å². The Labute approximate surface area is 184 Å². The summed E-state index contributed by atoms with van der Waals surface area (Å²) in [6.07, 6.45) is 4.16. The second-order valence-electron chi connectivity index (χ2n) is 7.82. The van der Waals surface area contributed by atoms with Crippen molar-refractivity contribution in [2.75, 3.05) is 30.4 Å². The lowest BCUT2D eigenvalue weighted by Gasteiger charge is -2.26. The fourth-order valence-electron chi connectivity index (χ4n) is 2.94. The van der Waals surface area contributed by atoms with Crippen LogP contribution in [0.25, 0.3) is 0 Å². The molecule has 0 bridgehead atoms. The van der Waals surface area contributed by atoms with E-state index in [9.17, 15) is 14.3 Å². The van der Waals surface area contributed by atoms with Crippen LogP contribution in [0.5, 0.6) is 0 Å². The van der Waals surface area contributed by atoms with Crippen LogP contribution in [0.1, 0.15) is 37.0 Å². The van der Waals surface area contributed by atoms with Gasteiger partial charge in [0.05, 0.1) is 29.6 Å². The van der Waals surface area contributed by atoms with Crippen LogP contribution >= 0.6 is 11.6 Å². The number of aromatic nitrogens is 3. The first-order valence-corrected chi connectivity index (χ1v) is 10.3. The summed E-state index contributed by atoms with van der Waals surface area (Å²) in [6.45, 7) is 3.63. The maximum Gasteiger partial charge on any atom is 0.255 e. The first-order valence-electron chi connectivity index (χ1n) is 9.95. The highest BCUT2D eigenvalue weighted by molar-refractivity contribution is 6.32. The Morgan fingerprint density at radius 1 is 1.35 bits per heavy atom. The fraction of sp³-hybridized carbons (Fsp3) is 0.500. The summed E-state index contributed by atoms with van der Waals surface area (Å²) in [5, 5.41) is 19.0. The molecular formula is C20H26ClFN6O3. The average molecular weight is 453 g/mol. The molecule has 2 aromatic heterocycles. The number of anilines is 3. The van der Waals surface area contributed by atoms with Gasteiger partial charge < -0.3 is 25.8 Å². The minimum atomic E-state index is -1.61. The van der Waals surface area contributed by atoms with Crippen LogP contribution in [0.4, 0.5) is 21.7 Å².